The average molecular weight is 332 g/mol. The van der Waals surface area contributed by atoms with E-state index in [1.54, 1.807) is 14.2 Å². The van der Waals surface area contributed by atoms with Gasteiger partial charge in [-0.25, -0.2) is 0 Å². The molecule has 0 spiro atoms. The van der Waals surface area contributed by atoms with Crippen LogP contribution in [0.1, 0.15) is 12.0 Å². The fraction of sp³-hybridized carbons (Fsp3) is 0.625. The number of rotatable bonds is 7. The molecule has 0 amide bonds. The number of ether oxygens (including phenoxy) is 2. The van der Waals surface area contributed by atoms with Crippen molar-refractivity contribution in [3.8, 4) is 11.5 Å². The Hall–Kier alpha value is -1.47. The minimum absolute atomic E-state index is 0.244. The predicted molar refractivity (Wildman–Crippen MR) is 81.9 cm³/mol. The van der Waals surface area contributed by atoms with Crippen molar-refractivity contribution in [1.29, 1.82) is 0 Å². The summed E-state index contributed by atoms with van der Waals surface area (Å²) in [6, 6.07) is 5.57. The van der Waals surface area contributed by atoms with Gasteiger partial charge in [-0.15, -0.1) is 0 Å². The lowest BCUT2D eigenvalue weighted by Gasteiger charge is -2.18. The van der Waals surface area contributed by atoms with E-state index in [1.807, 2.05) is 18.2 Å². The Bertz CT molecular complexity index is 509. The van der Waals surface area contributed by atoms with Crippen LogP contribution < -0.4 is 14.8 Å². The molecule has 1 fully saturated rings. The van der Waals surface area contributed by atoms with Gasteiger partial charge in [0.15, 0.2) is 0 Å². The average Bonchev–Trinajstić information content (AvgIpc) is 2.92. The Morgan fingerprint density at radius 3 is 2.70 bits per heavy atom. The van der Waals surface area contributed by atoms with Gasteiger partial charge in [-0.2, -0.15) is 13.2 Å². The lowest BCUT2D eigenvalue weighted by Crippen LogP contribution is -2.33. The standard InChI is InChI=1S/C16H23F3N2O2/c1-22-14-3-4-15(23-2)13(7-14)9-20-8-12-5-6-21(10-12)11-16(17,18)19/h3-4,7,12,20H,5-6,8-11H2,1-2H3. The van der Waals surface area contributed by atoms with Crippen LogP contribution in [-0.4, -0.2) is 51.5 Å². The third-order valence-corrected chi connectivity index (χ3v) is 4.01. The first-order chi connectivity index (χ1) is 10.9. The Morgan fingerprint density at radius 1 is 1.26 bits per heavy atom. The summed E-state index contributed by atoms with van der Waals surface area (Å²) in [5, 5.41) is 3.31. The maximum Gasteiger partial charge on any atom is 0.401 e. The van der Waals surface area contributed by atoms with Crippen LogP contribution in [0, 0.1) is 5.92 Å². The molecule has 1 saturated heterocycles. The van der Waals surface area contributed by atoms with Gasteiger partial charge in [0.1, 0.15) is 11.5 Å². The van der Waals surface area contributed by atoms with E-state index < -0.39 is 12.7 Å². The highest BCUT2D eigenvalue weighted by Gasteiger charge is 2.34. The quantitative estimate of drug-likeness (QED) is 0.832. The molecule has 1 atom stereocenters. The normalized spacial score (nSPS) is 19.1. The Kier molecular flexibility index (Phi) is 6.12. The molecule has 1 aliphatic heterocycles. The number of nitrogens with one attached hydrogen (secondary N) is 1. The molecule has 1 aromatic rings. The van der Waals surface area contributed by atoms with Crippen LogP contribution in [0.3, 0.4) is 0 Å². The minimum atomic E-state index is -4.11. The predicted octanol–water partition coefficient (Wildman–Crippen LogP) is 2.68. The van der Waals surface area contributed by atoms with Crippen LogP contribution in [0.25, 0.3) is 0 Å². The second-order valence-electron chi connectivity index (χ2n) is 5.81. The molecule has 1 aromatic carbocycles. The topological polar surface area (TPSA) is 33.7 Å². The number of benzene rings is 1. The van der Waals surface area contributed by atoms with Crippen molar-refractivity contribution in [3.05, 3.63) is 23.8 Å². The number of halogens is 3. The lowest BCUT2D eigenvalue weighted by atomic mass is 10.1. The monoisotopic (exact) mass is 332 g/mol. The van der Waals surface area contributed by atoms with Crippen LogP contribution in [0.5, 0.6) is 11.5 Å². The zero-order valence-electron chi connectivity index (χ0n) is 13.4. The molecule has 130 valence electrons. The number of alkyl halides is 3. The van der Waals surface area contributed by atoms with E-state index in [4.69, 9.17) is 9.47 Å². The van der Waals surface area contributed by atoms with E-state index in [-0.39, 0.29) is 5.92 Å². The number of methoxy groups -OCH3 is 2. The molecule has 0 aliphatic carbocycles. The minimum Gasteiger partial charge on any atom is -0.497 e. The molecule has 0 saturated carbocycles. The molecule has 1 aliphatic rings. The molecule has 0 aromatic heterocycles. The molecule has 7 heteroatoms. The van der Waals surface area contributed by atoms with Gasteiger partial charge in [0.2, 0.25) is 0 Å². The summed E-state index contributed by atoms with van der Waals surface area (Å²) in [6.45, 7) is 1.47. The van der Waals surface area contributed by atoms with Crippen molar-refractivity contribution in [2.45, 2.75) is 19.1 Å². The summed E-state index contributed by atoms with van der Waals surface area (Å²) in [7, 11) is 3.21. The number of hydrogen-bond donors (Lipinski definition) is 1. The molecular weight excluding hydrogens is 309 g/mol. The highest BCUT2D eigenvalue weighted by atomic mass is 19.4. The molecule has 23 heavy (non-hydrogen) atoms. The number of hydrogen-bond acceptors (Lipinski definition) is 4. The maximum atomic E-state index is 12.4. The van der Waals surface area contributed by atoms with E-state index >= 15 is 0 Å². The summed E-state index contributed by atoms with van der Waals surface area (Å²) in [4.78, 5) is 1.47. The van der Waals surface area contributed by atoms with E-state index in [0.717, 1.165) is 23.5 Å². The van der Waals surface area contributed by atoms with Gasteiger partial charge in [-0.1, -0.05) is 0 Å². The van der Waals surface area contributed by atoms with Crippen LogP contribution in [-0.2, 0) is 6.54 Å². The van der Waals surface area contributed by atoms with Crippen molar-refractivity contribution in [1.82, 2.24) is 10.2 Å². The zero-order chi connectivity index (χ0) is 16.9. The third-order valence-electron chi connectivity index (χ3n) is 4.01. The van der Waals surface area contributed by atoms with E-state index in [0.29, 0.717) is 26.2 Å². The second kappa shape index (κ2) is 7.88. The van der Waals surface area contributed by atoms with Gasteiger partial charge in [0.25, 0.3) is 0 Å². The van der Waals surface area contributed by atoms with Crippen molar-refractivity contribution in [2.75, 3.05) is 40.4 Å². The Morgan fingerprint density at radius 2 is 2.04 bits per heavy atom. The fourth-order valence-electron chi connectivity index (χ4n) is 2.91. The van der Waals surface area contributed by atoms with Crippen molar-refractivity contribution < 1.29 is 22.6 Å². The van der Waals surface area contributed by atoms with Gasteiger partial charge < -0.3 is 14.8 Å². The lowest BCUT2D eigenvalue weighted by molar-refractivity contribution is -0.143. The van der Waals surface area contributed by atoms with Crippen LogP contribution >= 0.6 is 0 Å². The van der Waals surface area contributed by atoms with Crippen molar-refractivity contribution in [3.63, 3.8) is 0 Å². The molecule has 0 radical (unpaired) electrons. The Balaban J connectivity index is 1.80. The van der Waals surface area contributed by atoms with Gasteiger partial charge in [-0.05, 0) is 43.6 Å². The summed E-state index contributed by atoms with van der Waals surface area (Å²) in [6.07, 6.45) is -3.32. The van der Waals surface area contributed by atoms with E-state index in [1.165, 1.54) is 4.90 Å². The van der Waals surface area contributed by atoms with Crippen LogP contribution in [0.4, 0.5) is 13.2 Å². The van der Waals surface area contributed by atoms with Gasteiger partial charge in [-0.3, -0.25) is 4.90 Å². The first-order valence-corrected chi connectivity index (χ1v) is 7.62. The highest BCUT2D eigenvalue weighted by molar-refractivity contribution is 5.40. The first-order valence-electron chi connectivity index (χ1n) is 7.62. The van der Waals surface area contributed by atoms with Crippen molar-refractivity contribution >= 4 is 0 Å². The molecule has 2 rings (SSSR count). The van der Waals surface area contributed by atoms with Crippen molar-refractivity contribution in [2.24, 2.45) is 5.92 Å². The summed E-state index contributed by atoms with van der Waals surface area (Å²) in [5.74, 6) is 1.76. The van der Waals surface area contributed by atoms with Gasteiger partial charge >= 0.3 is 6.18 Å². The summed E-state index contributed by atoms with van der Waals surface area (Å²) >= 11 is 0. The molecule has 1 N–H and O–H groups in total. The zero-order valence-corrected chi connectivity index (χ0v) is 13.4. The summed E-state index contributed by atoms with van der Waals surface area (Å²) < 4.78 is 47.6. The number of likely N-dealkylation sites (tertiary alicyclic amines) is 1. The molecule has 1 unspecified atom stereocenters. The molecular formula is C16H23F3N2O2. The smallest absolute Gasteiger partial charge is 0.401 e. The van der Waals surface area contributed by atoms with Gasteiger partial charge in [0, 0.05) is 18.7 Å². The van der Waals surface area contributed by atoms with Gasteiger partial charge in [0.05, 0.1) is 20.8 Å². The fourth-order valence-corrected chi connectivity index (χ4v) is 2.91. The third kappa shape index (κ3) is 5.58. The Labute approximate surface area is 134 Å². The molecule has 1 heterocycles. The first kappa shape index (κ1) is 17.9. The largest absolute Gasteiger partial charge is 0.497 e. The molecule has 0 bridgehead atoms. The van der Waals surface area contributed by atoms with Crippen LogP contribution in [0.2, 0.25) is 0 Å². The maximum absolute atomic E-state index is 12.4. The van der Waals surface area contributed by atoms with E-state index in [2.05, 4.69) is 5.32 Å². The van der Waals surface area contributed by atoms with E-state index in [9.17, 15) is 13.2 Å². The van der Waals surface area contributed by atoms with Crippen LogP contribution in [0.15, 0.2) is 18.2 Å². The number of nitrogens with zero attached hydrogens (tertiary/aromatic N) is 1. The SMILES string of the molecule is COc1ccc(OC)c(CNCC2CCN(CC(F)(F)F)C2)c1. The highest BCUT2D eigenvalue weighted by Crippen LogP contribution is 2.25. The second-order valence-corrected chi connectivity index (χ2v) is 5.81. The molecule has 4 nitrogen and oxygen atoms in total. The summed E-state index contributed by atoms with van der Waals surface area (Å²) in [5.41, 5.74) is 0.969.